The van der Waals surface area contributed by atoms with Crippen LogP contribution in [0.3, 0.4) is 0 Å². The molecule has 0 aliphatic carbocycles. The van der Waals surface area contributed by atoms with Crippen LogP contribution in [-0.4, -0.2) is 49.1 Å². The SMILES string of the molecule is C=C(C)C(=O)OCC(=O)OC(C(=O)OCCC(C)C)(C(F)(F)F)C(F)(F)F. The van der Waals surface area contributed by atoms with Gasteiger partial charge in [-0.25, -0.2) is 14.4 Å². The highest BCUT2D eigenvalue weighted by molar-refractivity contribution is 5.89. The van der Waals surface area contributed by atoms with E-state index in [9.17, 15) is 40.7 Å². The van der Waals surface area contributed by atoms with Crippen LogP contribution in [0.15, 0.2) is 12.2 Å². The molecule has 0 heterocycles. The summed E-state index contributed by atoms with van der Waals surface area (Å²) in [5.41, 5.74) is -5.82. The van der Waals surface area contributed by atoms with Crippen LogP contribution in [0.4, 0.5) is 26.3 Å². The minimum atomic E-state index is -6.38. The second-order valence-electron chi connectivity index (χ2n) is 5.83. The molecule has 0 radical (unpaired) electrons. The molecular weight excluding hydrogens is 390 g/mol. The first kappa shape index (κ1) is 24.7. The highest BCUT2D eigenvalue weighted by Gasteiger charge is 2.80. The lowest BCUT2D eigenvalue weighted by Gasteiger charge is -2.34. The largest absolute Gasteiger partial charge is 0.462 e. The molecule has 0 fully saturated rings. The molecule has 156 valence electrons. The molecule has 0 saturated carbocycles. The predicted molar refractivity (Wildman–Crippen MR) is 77.1 cm³/mol. The van der Waals surface area contributed by atoms with Gasteiger partial charge >= 0.3 is 35.9 Å². The van der Waals surface area contributed by atoms with Crippen molar-refractivity contribution in [3.8, 4) is 0 Å². The fourth-order valence-electron chi connectivity index (χ4n) is 1.49. The van der Waals surface area contributed by atoms with E-state index in [0.29, 0.717) is 0 Å². The van der Waals surface area contributed by atoms with Crippen LogP contribution in [-0.2, 0) is 28.6 Å². The van der Waals surface area contributed by atoms with Gasteiger partial charge in [-0.05, 0) is 19.3 Å². The third-order valence-corrected chi connectivity index (χ3v) is 2.95. The maximum absolute atomic E-state index is 13.2. The number of alkyl halides is 6. The first-order valence-corrected chi connectivity index (χ1v) is 7.41. The van der Waals surface area contributed by atoms with E-state index in [1.165, 1.54) is 0 Å². The Morgan fingerprint density at radius 2 is 1.44 bits per heavy atom. The minimum absolute atomic E-state index is 0.0261. The molecular formula is C15H18F6O6. The first-order valence-electron chi connectivity index (χ1n) is 7.41. The van der Waals surface area contributed by atoms with Gasteiger partial charge in [-0.2, -0.15) is 26.3 Å². The molecule has 0 bridgehead atoms. The van der Waals surface area contributed by atoms with Gasteiger partial charge in [0.1, 0.15) is 0 Å². The van der Waals surface area contributed by atoms with E-state index in [2.05, 4.69) is 20.8 Å². The highest BCUT2D eigenvalue weighted by Crippen LogP contribution is 2.47. The van der Waals surface area contributed by atoms with Crippen LogP contribution in [0.1, 0.15) is 27.2 Å². The molecule has 0 rings (SSSR count). The molecule has 12 heteroatoms. The zero-order valence-corrected chi connectivity index (χ0v) is 14.6. The fraction of sp³-hybridized carbons (Fsp3) is 0.667. The summed E-state index contributed by atoms with van der Waals surface area (Å²) in [5, 5.41) is 0. The molecule has 0 saturated heterocycles. The zero-order valence-electron chi connectivity index (χ0n) is 14.6. The Morgan fingerprint density at radius 1 is 0.963 bits per heavy atom. The molecule has 0 spiro atoms. The van der Waals surface area contributed by atoms with Gasteiger partial charge in [0, 0.05) is 5.57 Å². The van der Waals surface area contributed by atoms with Crippen molar-refractivity contribution in [3.05, 3.63) is 12.2 Å². The van der Waals surface area contributed by atoms with Gasteiger partial charge in [-0.1, -0.05) is 20.4 Å². The van der Waals surface area contributed by atoms with E-state index in [1.54, 1.807) is 13.8 Å². The number of hydrogen-bond donors (Lipinski definition) is 0. The predicted octanol–water partition coefficient (Wildman–Crippen LogP) is 3.10. The van der Waals surface area contributed by atoms with Crippen LogP contribution in [0.5, 0.6) is 0 Å². The Morgan fingerprint density at radius 3 is 1.81 bits per heavy atom. The van der Waals surface area contributed by atoms with Crippen molar-refractivity contribution in [2.24, 2.45) is 5.92 Å². The Hall–Kier alpha value is -2.27. The normalized spacial score (nSPS) is 12.5. The maximum Gasteiger partial charge on any atom is 0.449 e. The molecule has 0 aromatic rings. The van der Waals surface area contributed by atoms with Gasteiger partial charge < -0.3 is 14.2 Å². The zero-order chi connectivity index (χ0) is 21.6. The summed E-state index contributed by atoms with van der Waals surface area (Å²) in [7, 11) is 0. The molecule has 0 atom stereocenters. The Kier molecular flexibility index (Phi) is 8.32. The highest BCUT2D eigenvalue weighted by atomic mass is 19.4. The lowest BCUT2D eigenvalue weighted by atomic mass is 10.0. The summed E-state index contributed by atoms with van der Waals surface area (Å²) in [5.74, 6) is -6.54. The summed E-state index contributed by atoms with van der Waals surface area (Å²) in [4.78, 5) is 34.2. The minimum Gasteiger partial charge on any atom is -0.462 e. The molecule has 6 nitrogen and oxygen atoms in total. The summed E-state index contributed by atoms with van der Waals surface area (Å²) in [6, 6.07) is 0. The van der Waals surface area contributed by atoms with Gasteiger partial charge in [0.2, 0.25) is 0 Å². The average Bonchev–Trinajstić information content (AvgIpc) is 2.46. The van der Waals surface area contributed by atoms with Crippen molar-refractivity contribution < 1.29 is 54.9 Å². The van der Waals surface area contributed by atoms with E-state index in [1.807, 2.05) is 0 Å². The van der Waals surface area contributed by atoms with Gasteiger partial charge in [0.05, 0.1) is 6.61 Å². The molecule has 27 heavy (non-hydrogen) atoms. The van der Waals surface area contributed by atoms with Crippen LogP contribution in [0.25, 0.3) is 0 Å². The standard InChI is InChI=1S/C15H18F6O6/c1-8(2)5-6-25-12(24)13(14(16,17)18,15(19,20)21)27-10(22)7-26-11(23)9(3)4/h8H,3,5-7H2,1-2,4H3. The summed E-state index contributed by atoms with van der Waals surface area (Å²) < 4.78 is 90.7. The van der Waals surface area contributed by atoms with Crippen molar-refractivity contribution in [2.75, 3.05) is 13.2 Å². The Labute approximate surface area is 150 Å². The molecule has 0 N–H and O–H groups in total. The molecule has 0 aromatic carbocycles. The topological polar surface area (TPSA) is 78.9 Å². The maximum atomic E-state index is 13.2. The number of carbonyl (C=O) groups excluding carboxylic acids is 3. The molecule has 0 aromatic heterocycles. The molecule has 0 unspecified atom stereocenters. The monoisotopic (exact) mass is 408 g/mol. The number of carbonyl (C=O) groups is 3. The molecule has 0 aliphatic heterocycles. The van der Waals surface area contributed by atoms with Crippen molar-refractivity contribution in [1.29, 1.82) is 0 Å². The first-order chi connectivity index (χ1) is 12.1. The average molecular weight is 408 g/mol. The van der Waals surface area contributed by atoms with Gasteiger partial charge in [-0.15, -0.1) is 0 Å². The second kappa shape index (κ2) is 9.09. The van der Waals surface area contributed by atoms with E-state index in [4.69, 9.17) is 0 Å². The molecule has 0 amide bonds. The number of ether oxygens (including phenoxy) is 3. The summed E-state index contributed by atoms with van der Waals surface area (Å²) in [6.07, 6.45) is -12.8. The van der Waals surface area contributed by atoms with Crippen LogP contribution in [0, 0.1) is 5.92 Å². The van der Waals surface area contributed by atoms with Gasteiger partial charge in [-0.3, -0.25) is 0 Å². The number of halogens is 6. The summed E-state index contributed by atoms with van der Waals surface area (Å²) in [6.45, 7) is 5.04. The fourth-order valence-corrected chi connectivity index (χ4v) is 1.49. The smallest absolute Gasteiger partial charge is 0.449 e. The van der Waals surface area contributed by atoms with E-state index >= 15 is 0 Å². The van der Waals surface area contributed by atoms with Crippen LogP contribution >= 0.6 is 0 Å². The molecule has 0 aliphatic rings. The quantitative estimate of drug-likeness (QED) is 0.266. The lowest BCUT2D eigenvalue weighted by Crippen LogP contribution is -2.65. The van der Waals surface area contributed by atoms with Gasteiger partial charge in [0.25, 0.3) is 0 Å². The van der Waals surface area contributed by atoms with E-state index in [-0.39, 0.29) is 17.9 Å². The van der Waals surface area contributed by atoms with Crippen LogP contribution in [0.2, 0.25) is 0 Å². The second-order valence-corrected chi connectivity index (χ2v) is 5.83. The third kappa shape index (κ3) is 6.43. The number of hydrogen-bond acceptors (Lipinski definition) is 6. The Balaban J connectivity index is 5.64. The Bertz CT molecular complexity index is 564. The van der Waals surface area contributed by atoms with Crippen LogP contribution < -0.4 is 0 Å². The van der Waals surface area contributed by atoms with E-state index < -0.39 is 49.1 Å². The van der Waals surface area contributed by atoms with Crippen molar-refractivity contribution in [2.45, 2.75) is 45.1 Å². The van der Waals surface area contributed by atoms with Crippen molar-refractivity contribution in [3.63, 3.8) is 0 Å². The van der Waals surface area contributed by atoms with E-state index in [0.717, 1.165) is 6.92 Å². The summed E-state index contributed by atoms with van der Waals surface area (Å²) >= 11 is 0. The lowest BCUT2D eigenvalue weighted by molar-refractivity contribution is -0.359. The van der Waals surface area contributed by atoms with Crippen molar-refractivity contribution in [1.82, 2.24) is 0 Å². The third-order valence-electron chi connectivity index (χ3n) is 2.95. The number of rotatable bonds is 8. The van der Waals surface area contributed by atoms with Crippen molar-refractivity contribution >= 4 is 17.9 Å². The number of esters is 3. The van der Waals surface area contributed by atoms with Gasteiger partial charge in [0.15, 0.2) is 6.61 Å².